The summed E-state index contributed by atoms with van der Waals surface area (Å²) in [5, 5.41) is 0. The maximum atomic E-state index is 12.6. The summed E-state index contributed by atoms with van der Waals surface area (Å²) < 4.78 is 5.18. The van der Waals surface area contributed by atoms with Crippen molar-refractivity contribution >= 4 is 5.91 Å². The smallest absolute Gasteiger partial charge is 0.274 e. The fraction of sp³-hybridized carbons (Fsp3) is 0.312. The van der Waals surface area contributed by atoms with E-state index in [-0.39, 0.29) is 11.9 Å². The van der Waals surface area contributed by atoms with Crippen LogP contribution in [0.1, 0.15) is 34.9 Å². The van der Waals surface area contributed by atoms with Gasteiger partial charge < -0.3 is 9.64 Å². The van der Waals surface area contributed by atoms with E-state index in [9.17, 15) is 4.79 Å². The van der Waals surface area contributed by atoms with Crippen LogP contribution in [0.15, 0.2) is 42.9 Å². The van der Waals surface area contributed by atoms with Crippen LogP contribution in [0.25, 0.3) is 0 Å². The van der Waals surface area contributed by atoms with E-state index in [2.05, 4.69) is 9.97 Å². The maximum Gasteiger partial charge on any atom is 0.274 e. The average molecular weight is 283 g/mol. The van der Waals surface area contributed by atoms with E-state index in [4.69, 9.17) is 4.74 Å². The van der Waals surface area contributed by atoms with Gasteiger partial charge in [-0.05, 0) is 30.5 Å². The van der Waals surface area contributed by atoms with Crippen molar-refractivity contribution in [3.05, 3.63) is 54.1 Å². The molecule has 0 unspecified atom stereocenters. The number of methoxy groups -OCH3 is 1. The first-order chi connectivity index (χ1) is 10.3. The van der Waals surface area contributed by atoms with Gasteiger partial charge in [0.15, 0.2) is 0 Å². The summed E-state index contributed by atoms with van der Waals surface area (Å²) in [5.74, 6) is 0.768. The third-order valence-electron chi connectivity index (χ3n) is 3.80. The molecular formula is C16H17N3O2. The van der Waals surface area contributed by atoms with Crippen LogP contribution in [-0.2, 0) is 0 Å². The molecule has 1 atom stereocenters. The molecule has 1 saturated heterocycles. The van der Waals surface area contributed by atoms with E-state index in [1.165, 1.54) is 6.20 Å². The van der Waals surface area contributed by atoms with Crippen LogP contribution in [0.2, 0.25) is 0 Å². The number of rotatable bonds is 3. The minimum Gasteiger partial charge on any atom is -0.497 e. The molecule has 5 heteroatoms. The van der Waals surface area contributed by atoms with Gasteiger partial charge in [0.2, 0.25) is 0 Å². The molecule has 1 aromatic heterocycles. The van der Waals surface area contributed by atoms with E-state index in [1.807, 2.05) is 29.2 Å². The van der Waals surface area contributed by atoms with Crippen LogP contribution in [0.4, 0.5) is 0 Å². The van der Waals surface area contributed by atoms with E-state index >= 15 is 0 Å². The second kappa shape index (κ2) is 5.91. The molecule has 2 heterocycles. The molecule has 1 fully saturated rings. The van der Waals surface area contributed by atoms with Crippen LogP contribution in [0.3, 0.4) is 0 Å². The number of amides is 1. The molecule has 0 radical (unpaired) electrons. The number of carbonyl (C=O) groups excluding carboxylic acids is 1. The molecular weight excluding hydrogens is 266 g/mol. The minimum absolute atomic E-state index is 0.0542. The monoisotopic (exact) mass is 283 g/mol. The van der Waals surface area contributed by atoms with Crippen molar-refractivity contribution < 1.29 is 9.53 Å². The lowest BCUT2D eigenvalue weighted by Crippen LogP contribution is -2.31. The average Bonchev–Trinajstić information content (AvgIpc) is 3.04. The Labute approximate surface area is 123 Å². The number of aromatic nitrogens is 2. The SMILES string of the molecule is COc1ccc([C@@H]2CCCN2C(=O)c2cnccn2)cc1. The highest BCUT2D eigenvalue weighted by atomic mass is 16.5. The summed E-state index contributed by atoms with van der Waals surface area (Å²) in [6, 6.07) is 8.00. The van der Waals surface area contributed by atoms with Crippen molar-refractivity contribution in [3.8, 4) is 5.75 Å². The Bertz CT molecular complexity index is 613. The Hall–Kier alpha value is -2.43. The molecule has 1 aliphatic heterocycles. The van der Waals surface area contributed by atoms with Gasteiger partial charge in [0.1, 0.15) is 11.4 Å². The Balaban J connectivity index is 1.83. The predicted molar refractivity (Wildman–Crippen MR) is 78.0 cm³/mol. The van der Waals surface area contributed by atoms with Gasteiger partial charge in [0.05, 0.1) is 19.3 Å². The zero-order valence-electron chi connectivity index (χ0n) is 11.9. The molecule has 3 rings (SSSR count). The summed E-state index contributed by atoms with van der Waals surface area (Å²) in [7, 11) is 1.65. The third-order valence-corrected chi connectivity index (χ3v) is 3.80. The molecule has 5 nitrogen and oxygen atoms in total. The van der Waals surface area contributed by atoms with Crippen LogP contribution in [-0.4, -0.2) is 34.4 Å². The van der Waals surface area contributed by atoms with Gasteiger partial charge in [0, 0.05) is 18.9 Å². The fourth-order valence-corrected chi connectivity index (χ4v) is 2.74. The highest BCUT2D eigenvalue weighted by Crippen LogP contribution is 2.33. The van der Waals surface area contributed by atoms with Gasteiger partial charge in [-0.3, -0.25) is 9.78 Å². The van der Waals surface area contributed by atoms with Crippen molar-refractivity contribution in [3.63, 3.8) is 0 Å². The number of nitrogens with zero attached hydrogens (tertiary/aromatic N) is 3. The third kappa shape index (κ3) is 2.72. The number of hydrogen-bond donors (Lipinski definition) is 0. The molecule has 0 N–H and O–H groups in total. The molecule has 1 aromatic carbocycles. The fourth-order valence-electron chi connectivity index (χ4n) is 2.74. The zero-order chi connectivity index (χ0) is 14.7. The molecule has 0 bridgehead atoms. The molecule has 1 aliphatic rings. The summed E-state index contributed by atoms with van der Waals surface area (Å²) in [6.07, 6.45) is 6.61. The van der Waals surface area contributed by atoms with E-state index < -0.39 is 0 Å². The maximum absolute atomic E-state index is 12.6. The summed E-state index contributed by atoms with van der Waals surface area (Å²) in [6.45, 7) is 0.756. The minimum atomic E-state index is -0.0542. The second-order valence-corrected chi connectivity index (χ2v) is 5.02. The Kier molecular flexibility index (Phi) is 3.81. The highest BCUT2D eigenvalue weighted by Gasteiger charge is 2.31. The van der Waals surface area contributed by atoms with Crippen molar-refractivity contribution in [2.45, 2.75) is 18.9 Å². The first kappa shape index (κ1) is 13.5. The molecule has 0 spiro atoms. The van der Waals surface area contributed by atoms with Crippen molar-refractivity contribution in [1.82, 2.24) is 14.9 Å². The summed E-state index contributed by atoms with van der Waals surface area (Å²) >= 11 is 0. The van der Waals surface area contributed by atoms with Gasteiger partial charge in [0.25, 0.3) is 5.91 Å². The van der Waals surface area contributed by atoms with Crippen molar-refractivity contribution in [2.75, 3.05) is 13.7 Å². The number of likely N-dealkylation sites (tertiary alicyclic amines) is 1. The lowest BCUT2D eigenvalue weighted by atomic mass is 10.0. The van der Waals surface area contributed by atoms with Crippen molar-refractivity contribution in [2.24, 2.45) is 0 Å². The quantitative estimate of drug-likeness (QED) is 0.868. The standard InChI is InChI=1S/C16H17N3O2/c1-21-13-6-4-12(5-7-13)15-3-2-10-19(15)16(20)14-11-17-8-9-18-14/h4-9,11,15H,2-3,10H2,1H3/t15-/m0/s1. The lowest BCUT2D eigenvalue weighted by Gasteiger charge is -2.24. The second-order valence-electron chi connectivity index (χ2n) is 5.02. The topological polar surface area (TPSA) is 55.3 Å². The zero-order valence-corrected chi connectivity index (χ0v) is 11.9. The first-order valence-corrected chi connectivity index (χ1v) is 7.00. The normalized spacial score (nSPS) is 17.8. The van der Waals surface area contributed by atoms with Crippen molar-refractivity contribution in [1.29, 1.82) is 0 Å². The molecule has 2 aromatic rings. The van der Waals surface area contributed by atoms with Crippen LogP contribution in [0, 0.1) is 0 Å². The van der Waals surface area contributed by atoms with Gasteiger partial charge in [-0.15, -0.1) is 0 Å². The Morgan fingerprint density at radius 1 is 1.29 bits per heavy atom. The Morgan fingerprint density at radius 3 is 2.76 bits per heavy atom. The van der Waals surface area contributed by atoms with Crippen LogP contribution in [0.5, 0.6) is 5.75 Å². The number of benzene rings is 1. The largest absolute Gasteiger partial charge is 0.497 e. The molecule has 0 saturated carbocycles. The molecule has 0 aliphatic carbocycles. The number of carbonyl (C=O) groups is 1. The van der Waals surface area contributed by atoms with Gasteiger partial charge in [-0.1, -0.05) is 12.1 Å². The number of hydrogen-bond acceptors (Lipinski definition) is 4. The van der Waals surface area contributed by atoms with Crippen LogP contribution < -0.4 is 4.74 Å². The number of ether oxygens (including phenoxy) is 1. The Morgan fingerprint density at radius 2 is 2.10 bits per heavy atom. The predicted octanol–water partition coefficient (Wildman–Crippen LogP) is 2.46. The van der Waals surface area contributed by atoms with E-state index in [1.54, 1.807) is 19.5 Å². The van der Waals surface area contributed by atoms with Gasteiger partial charge in [-0.25, -0.2) is 4.98 Å². The molecule has 1 amide bonds. The van der Waals surface area contributed by atoms with Gasteiger partial charge >= 0.3 is 0 Å². The molecule has 108 valence electrons. The van der Waals surface area contributed by atoms with Gasteiger partial charge in [-0.2, -0.15) is 0 Å². The van der Waals surface area contributed by atoms with E-state index in [0.29, 0.717) is 5.69 Å². The summed E-state index contributed by atoms with van der Waals surface area (Å²) in [4.78, 5) is 22.5. The lowest BCUT2D eigenvalue weighted by molar-refractivity contribution is 0.0729. The molecule has 21 heavy (non-hydrogen) atoms. The first-order valence-electron chi connectivity index (χ1n) is 7.00. The summed E-state index contributed by atoms with van der Waals surface area (Å²) in [5.41, 5.74) is 1.53. The highest BCUT2D eigenvalue weighted by molar-refractivity contribution is 5.92. The van der Waals surface area contributed by atoms with Crippen LogP contribution >= 0.6 is 0 Å². The van der Waals surface area contributed by atoms with E-state index in [0.717, 1.165) is 30.7 Å².